The Bertz CT molecular complexity index is 725. The lowest BCUT2D eigenvalue weighted by Gasteiger charge is -2.10. The summed E-state index contributed by atoms with van der Waals surface area (Å²) < 4.78 is 6.13. The van der Waals surface area contributed by atoms with Crippen LogP contribution in [0.4, 0.5) is 11.5 Å². The van der Waals surface area contributed by atoms with Crippen LogP contribution in [0.5, 0.6) is 5.75 Å². The van der Waals surface area contributed by atoms with Crippen molar-refractivity contribution in [2.75, 3.05) is 12.4 Å². The molecule has 1 aromatic carbocycles. The summed E-state index contributed by atoms with van der Waals surface area (Å²) in [5.41, 5.74) is 1.58. The predicted octanol–water partition coefficient (Wildman–Crippen LogP) is 3.47. The number of halogens is 1. The van der Waals surface area contributed by atoms with Gasteiger partial charge in [-0.25, -0.2) is 4.98 Å². The molecule has 0 amide bonds. The van der Waals surface area contributed by atoms with Crippen LogP contribution >= 0.6 is 15.9 Å². The van der Waals surface area contributed by atoms with Gasteiger partial charge in [0.25, 0.3) is 0 Å². The molecular weight excluding hydrogens is 308 g/mol. The second-order valence-corrected chi connectivity index (χ2v) is 4.71. The first-order chi connectivity index (χ1) is 9.29. The van der Waals surface area contributed by atoms with Gasteiger partial charge in [0, 0.05) is 6.20 Å². The summed E-state index contributed by atoms with van der Waals surface area (Å²) in [5, 5.41) is 11.3. The molecule has 0 atom stereocenters. The van der Waals surface area contributed by atoms with Crippen LogP contribution in [-0.2, 0) is 0 Å². The van der Waals surface area contributed by atoms with Gasteiger partial charge in [-0.3, -0.25) is 5.10 Å². The van der Waals surface area contributed by atoms with Gasteiger partial charge in [-0.15, -0.1) is 0 Å². The van der Waals surface area contributed by atoms with E-state index in [1.54, 1.807) is 13.3 Å². The fourth-order valence-corrected chi connectivity index (χ4v) is 2.37. The molecule has 0 fully saturated rings. The highest BCUT2D eigenvalue weighted by Gasteiger charge is 2.09. The maximum atomic E-state index is 5.27. The molecule has 5 nitrogen and oxygen atoms in total. The van der Waals surface area contributed by atoms with Crippen molar-refractivity contribution in [3.8, 4) is 5.75 Å². The van der Waals surface area contributed by atoms with E-state index >= 15 is 0 Å². The molecule has 0 aliphatic rings. The Hall–Kier alpha value is -2.08. The Balaban J connectivity index is 2.02. The van der Waals surface area contributed by atoms with Gasteiger partial charge < -0.3 is 10.1 Å². The van der Waals surface area contributed by atoms with Crippen molar-refractivity contribution in [3.63, 3.8) is 0 Å². The first-order valence-corrected chi connectivity index (χ1v) is 6.47. The molecule has 6 heteroatoms. The van der Waals surface area contributed by atoms with Crippen LogP contribution in [0.1, 0.15) is 0 Å². The summed E-state index contributed by atoms with van der Waals surface area (Å²) in [4.78, 5) is 4.18. The number of hydrogen-bond acceptors (Lipinski definition) is 4. The van der Waals surface area contributed by atoms with Gasteiger partial charge in [0.1, 0.15) is 11.6 Å². The van der Waals surface area contributed by atoms with Gasteiger partial charge in [-0.2, -0.15) is 5.10 Å². The van der Waals surface area contributed by atoms with E-state index in [-0.39, 0.29) is 0 Å². The van der Waals surface area contributed by atoms with Crippen LogP contribution < -0.4 is 10.1 Å². The third-order valence-corrected chi connectivity index (χ3v) is 3.59. The average Bonchev–Trinajstić information content (AvgIpc) is 2.85. The second kappa shape index (κ2) is 4.89. The van der Waals surface area contributed by atoms with Crippen LogP contribution in [0.3, 0.4) is 0 Å². The molecule has 3 rings (SSSR count). The molecule has 2 aromatic heterocycles. The van der Waals surface area contributed by atoms with Crippen LogP contribution in [0.2, 0.25) is 0 Å². The van der Waals surface area contributed by atoms with E-state index in [1.165, 1.54) is 0 Å². The molecule has 0 bridgehead atoms. The smallest absolute Gasteiger partial charge is 0.183 e. The van der Waals surface area contributed by atoms with Gasteiger partial charge in [0.15, 0.2) is 5.65 Å². The minimum absolute atomic E-state index is 0.684. The van der Waals surface area contributed by atoms with E-state index in [2.05, 4.69) is 36.4 Å². The van der Waals surface area contributed by atoms with E-state index < -0.39 is 0 Å². The summed E-state index contributed by atoms with van der Waals surface area (Å²) in [5.74, 6) is 1.57. The Morgan fingerprint density at radius 2 is 2.16 bits per heavy atom. The maximum absolute atomic E-state index is 5.27. The highest BCUT2D eigenvalue weighted by atomic mass is 79.9. The van der Waals surface area contributed by atoms with Gasteiger partial charge in [-0.1, -0.05) is 6.07 Å². The Kier molecular flexibility index (Phi) is 3.08. The lowest BCUT2D eigenvalue weighted by molar-refractivity contribution is 0.412. The summed E-state index contributed by atoms with van der Waals surface area (Å²) in [6, 6.07) is 9.60. The number of benzene rings is 1. The van der Waals surface area contributed by atoms with Crippen molar-refractivity contribution in [3.05, 3.63) is 41.0 Å². The number of aromatic nitrogens is 3. The highest BCUT2D eigenvalue weighted by Crippen LogP contribution is 2.34. The zero-order valence-electron chi connectivity index (χ0n) is 10.1. The molecular formula is C13H11BrN4O. The third-order valence-electron chi connectivity index (χ3n) is 2.77. The number of nitrogens with one attached hydrogen (secondary N) is 2. The molecule has 2 N–H and O–H groups in total. The van der Waals surface area contributed by atoms with Gasteiger partial charge in [-0.05, 0) is 40.2 Å². The molecule has 3 aromatic rings. The van der Waals surface area contributed by atoms with E-state index in [0.717, 1.165) is 27.1 Å². The van der Waals surface area contributed by atoms with Gasteiger partial charge in [0.05, 0.1) is 22.7 Å². The predicted molar refractivity (Wildman–Crippen MR) is 77.9 cm³/mol. The average molecular weight is 319 g/mol. The second-order valence-electron chi connectivity index (χ2n) is 3.92. The van der Waals surface area contributed by atoms with Crippen molar-refractivity contribution >= 4 is 38.5 Å². The minimum Gasteiger partial charge on any atom is -0.495 e. The molecule has 19 heavy (non-hydrogen) atoms. The number of nitrogens with zero attached hydrogens (tertiary/aromatic N) is 2. The quantitative estimate of drug-likeness (QED) is 0.776. The topological polar surface area (TPSA) is 62.8 Å². The van der Waals surface area contributed by atoms with Crippen LogP contribution in [0.15, 0.2) is 41.0 Å². The van der Waals surface area contributed by atoms with Crippen molar-refractivity contribution in [2.24, 2.45) is 0 Å². The number of pyridine rings is 1. The highest BCUT2D eigenvalue weighted by molar-refractivity contribution is 9.10. The number of hydrogen-bond donors (Lipinski definition) is 2. The van der Waals surface area contributed by atoms with Gasteiger partial charge >= 0.3 is 0 Å². The summed E-state index contributed by atoms with van der Waals surface area (Å²) in [7, 11) is 1.64. The summed E-state index contributed by atoms with van der Waals surface area (Å²) in [6.07, 6.45) is 1.72. The van der Waals surface area contributed by atoms with E-state index in [0.29, 0.717) is 5.65 Å². The van der Waals surface area contributed by atoms with Crippen LogP contribution in [0.25, 0.3) is 11.0 Å². The first kappa shape index (κ1) is 12.0. The third kappa shape index (κ3) is 2.15. The molecule has 0 unspecified atom stereocenters. The fourth-order valence-electron chi connectivity index (χ4n) is 1.85. The first-order valence-electron chi connectivity index (χ1n) is 5.68. The number of fused-ring (bicyclic) bond motifs is 1. The van der Waals surface area contributed by atoms with E-state index in [9.17, 15) is 0 Å². The van der Waals surface area contributed by atoms with Crippen molar-refractivity contribution < 1.29 is 4.74 Å². The molecule has 0 aliphatic carbocycles. The monoisotopic (exact) mass is 318 g/mol. The molecule has 96 valence electrons. The zero-order chi connectivity index (χ0) is 13.2. The standard InChI is InChI=1S/C13H11BrN4O/c1-19-10-6-2-5-9(11(10)14)16-13-8-4-3-7-15-12(8)17-18-13/h2-7H,1H3,(H2,15,16,17,18). The largest absolute Gasteiger partial charge is 0.495 e. The number of anilines is 2. The molecule has 0 radical (unpaired) electrons. The number of methoxy groups -OCH3 is 1. The lowest BCUT2D eigenvalue weighted by atomic mass is 10.3. The van der Waals surface area contributed by atoms with Gasteiger partial charge in [0.2, 0.25) is 0 Å². The van der Waals surface area contributed by atoms with Crippen molar-refractivity contribution in [2.45, 2.75) is 0 Å². The number of aromatic amines is 1. The molecule has 0 aliphatic heterocycles. The Morgan fingerprint density at radius 1 is 1.26 bits per heavy atom. The molecule has 0 saturated heterocycles. The summed E-state index contributed by atoms with van der Waals surface area (Å²) >= 11 is 3.51. The van der Waals surface area contributed by atoms with Crippen LogP contribution in [0, 0.1) is 0 Å². The lowest BCUT2D eigenvalue weighted by Crippen LogP contribution is -1.94. The number of H-pyrrole nitrogens is 1. The SMILES string of the molecule is COc1cccc(Nc2[nH]nc3ncccc23)c1Br. The zero-order valence-corrected chi connectivity index (χ0v) is 11.7. The Labute approximate surface area is 118 Å². The normalized spacial score (nSPS) is 10.6. The van der Waals surface area contributed by atoms with E-state index in [4.69, 9.17) is 4.74 Å². The molecule has 2 heterocycles. The summed E-state index contributed by atoms with van der Waals surface area (Å²) in [6.45, 7) is 0. The maximum Gasteiger partial charge on any atom is 0.183 e. The van der Waals surface area contributed by atoms with Crippen molar-refractivity contribution in [1.82, 2.24) is 15.2 Å². The van der Waals surface area contributed by atoms with Crippen LogP contribution in [-0.4, -0.2) is 22.3 Å². The minimum atomic E-state index is 0.684. The van der Waals surface area contributed by atoms with Crippen molar-refractivity contribution in [1.29, 1.82) is 0 Å². The number of ether oxygens (including phenoxy) is 1. The molecule has 0 saturated carbocycles. The fraction of sp³-hybridized carbons (Fsp3) is 0.0769. The molecule has 0 spiro atoms. The van der Waals surface area contributed by atoms with E-state index in [1.807, 2.05) is 30.3 Å². The Morgan fingerprint density at radius 3 is 3.00 bits per heavy atom. The number of rotatable bonds is 3.